The third-order valence-corrected chi connectivity index (χ3v) is 7.26. The highest BCUT2D eigenvalue weighted by Gasteiger charge is 2.41. The number of halogens is 3. The second-order valence-corrected chi connectivity index (χ2v) is 10.0. The smallest absolute Gasteiger partial charge is 0.389 e. The number of hydrogen-bond acceptors (Lipinski definition) is 5. The van der Waals surface area contributed by atoms with Crippen LogP contribution in [0.1, 0.15) is 42.4 Å². The van der Waals surface area contributed by atoms with Gasteiger partial charge in [-0.15, -0.1) is 0 Å². The monoisotopic (exact) mass is 563 g/mol. The van der Waals surface area contributed by atoms with Crippen LogP contribution >= 0.6 is 0 Å². The first-order chi connectivity index (χ1) is 19.6. The van der Waals surface area contributed by atoms with Crippen LogP contribution in [0.25, 0.3) is 0 Å². The number of ether oxygens (including phenoxy) is 1. The highest BCUT2D eigenvalue weighted by atomic mass is 19.4. The first kappa shape index (κ1) is 28.1. The molecule has 212 valence electrons. The SMILES string of the molecule is CC(=O)[C@@H](c1ccccc1)[C@@H](CCC(F)(F)F)C(=O)N[C@H]1N=C(c2ccccc2)c2cccc3c2N(CCO3)C1=O. The zero-order valence-corrected chi connectivity index (χ0v) is 22.2. The van der Waals surface area contributed by atoms with Crippen molar-refractivity contribution in [3.05, 3.63) is 95.6 Å². The lowest BCUT2D eigenvalue weighted by Gasteiger charge is -2.32. The molecule has 0 aliphatic carbocycles. The molecule has 3 aromatic rings. The van der Waals surface area contributed by atoms with Gasteiger partial charge in [0.05, 0.1) is 29.8 Å². The van der Waals surface area contributed by atoms with Crippen LogP contribution in [-0.4, -0.2) is 48.8 Å². The first-order valence-corrected chi connectivity index (χ1v) is 13.3. The van der Waals surface area contributed by atoms with Gasteiger partial charge in [-0.05, 0) is 25.0 Å². The number of para-hydroxylation sites is 1. The summed E-state index contributed by atoms with van der Waals surface area (Å²) in [6, 6.07) is 22.6. The van der Waals surface area contributed by atoms with Crippen LogP contribution in [-0.2, 0) is 14.4 Å². The van der Waals surface area contributed by atoms with E-state index in [1.807, 2.05) is 30.3 Å². The Balaban J connectivity index is 1.56. The van der Waals surface area contributed by atoms with Gasteiger partial charge in [0.2, 0.25) is 12.1 Å². The summed E-state index contributed by atoms with van der Waals surface area (Å²) in [7, 11) is 0. The molecular weight excluding hydrogens is 535 g/mol. The van der Waals surface area contributed by atoms with Crippen LogP contribution in [0.15, 0.2) is 83.9 Å². The normalized spacial score (nSPS) is 17.9. The minimum absolute atomic E-state index is 0.199. The van der Waals surface area contributed by atoms with Crippen LogP contribution in [0, 0.1) is 5.92 Å². The number of alkyl halides is 3. The van der Waals surface area contributed by atoms with E-state index in [2.05, 4.69) is 10.3 Å². The number of nitrogens with one attached hydrogen (secondary N) is 1. The number of ketones is 1. The molecule has 0 unspecified atom stereocenters. The van der Waals surface area contributed by atoms with Crippen LogP contribution in [0.5, 0.6) is 5.75 Å². The maximum Gasteiger partial charge on any atom is 0.389 e. The number of benzene rings is 3. The fraction of sp³-hybridized carbons (Fsp3) is 0.290. The molecule has 41 heavy (non-hydrogen) atoms. The average molecular weight is 564 g/mol. The van der Waals surface area contributed by atoms with Crippen molar-refractivity contribution in [1.29, 1.82) is 0 Å². The van der Waals surface area contributed by atoms with E-state index >= 15 is 0 Å². The summed E-state index contributed by atoms with van der Waals surface area (Å²) >= 11 is 0. The lowest BCUT2D eigenvalue weighted by Crippen LogP contribution is -2.51. The number of carbonyl (C=O) groups excluding carboxylic acids is 3. The van der Waals surface area contributed by atoms with Crippen molar-refractivity contribution in [3.63, 3.8) is 0 Å². The molecule has 0 aromatic heterocycles. The minimum atomic E-state index is -4.54. The van der Waals surface area contributed by atoms with Gasteiger partial charge in [0.1, 0.15) is 18.1 Å². The Hall–Kier alpha value is -4.47. The third-order valence-electron chi connectivity index (χ3n) is 7.26. The topological polar surface area (TPSA) is 88.1 Å². The predicted octanol–water partition coefficient (Wildman–Crippen LogP) is 5.04. The predicted molar refractivity (Wildman–Crippen MR) is 147 cm³/mol. The van der Waals surface area contributed by atoms with E-state index in [0.717, 1.165) is 0 Å². The maximum absolute atomic E-state index is 13.9. The molecule has 2 heterocycles. The largest absolute Gasteiger partial charge is 0.490 e. The van der Waals surface area contributed by atoms with Crippen molar-refractivity contribution < 1.29 is 32.3 Å². The molecule has 3 atom stereocenters. The number of nitrogens with zero attached hydrogens (tertiary/aromatic N) is 2. The zero-order valence-electron chi connectivity index (χ0n) is 22.2. The highest BCUT2D eigenvalue weighted by Crippen LogP contribution is 2.39. The zero-order chi connectivity index (χ0) is 29.1. The number of anilines is 1. The molecule has 0 radical (unpaired) electrons. The van der Waals surface area contributed by atoms with Gasteiger partial charge in [-0.1, -0.05) is 72.8 Å². The van der Waals surface area contributed by atoms with Gasteiger partial charge in [0, 0.05) is 17.5 Å². The van der Waals surface area contributed by atoms with Gasteiger partial charge in [-0.25, -0.2) is 4.99 Å². The van der Waals surface area contributed by atoms with E-state index in [1.54, 1.807) is 48.5 Å². The molecule has 1 N–H and O–H groups in total. The second kappa shape index (κ2) is 11.6. The Morgan fingerprint density at radius 3 is 2.37 bits per heavy atom. The standard InChI is InChI=1S/C31H28F3N3O4/c1-19(38)25(20-9-4-2-5-10-20)22(15-16-31(32,33)34)29(39)36-28-30(40)37-17-18-41-24-14-8-13-23(27(24)37)26(35-28)21-11-6-3-7-12-21/h2-14,22,25,28H,15-18H2,1H3,(H,36,39)/t22-,25+,28-/m1/s1. The Bertz CT molecular complexity index is 1470. The van der Waals surface area contributed by atoms with Crippen LogP contribution in [0.4, 0.5) is 18.9 Å². The molecule has 7 nitrogen and oxygen atoms in total. The van der Waals surface area contributed by atoms with Crippen molar-refractivity contribution in [2.24, 2.45) is 10.9 Å². The summed E-state index contributed by atoms with van der Waals surface area (Å²) in [5.74, 6) is -3.89. The van der Waals surface area contributed by atoms with Gasteiger partial charge in [0.15, 0.2) is 0 Å². The average Bonchev–Trinajstić information content (AvgIpc) is 3.07. The summed E-state index contributed by atoms with van der Waals surface area (Å²) in [5, 5.41) is 2.61. The van der Waals surface area contributed by atoms with Gasteiger partial charge in [-0.3, -0.25) is 14.4 Å². The van der Waals surface area contributed by atoms with Crippen LogP contribution in [0.2, 0.25) is 0 Å². The van der Waals surface area contributed by atoms with E-state index in [0.29, 0.717) is 33.8 Å². The Kier molecular flexibility index (Phi) is 7.92. The highest BCUT2D eigenvalue weighted by molar-refractivity contribution is 6.21. The number of rotatable bonds is 8. The molecule has 2 aliphatic heterocycles. The van der Waals surface area contributed by atoms with Gasteiger partial charge < -0.3 is 15.0 Å². The van der Waals surface area contributed by atoms with Crippen molar-refractivity contribution in [2.45, 2.75) is 38.0 Å². The summed E-state index contributed by atoms with van der Waals surface area (Å²) in [5.41, 5.74) is 2.67. The third kappa shape index (κ3) is 6.01. The molecule has 2 aliphatic rings. The van der Waals surface area contributed by atoms with Crippen molar-refractivity contribution in [3.8, 4) is 5.75 Å². The quantitative estimate of drug-likeness (QED) is 0.416. The summed E-state index contributed by atoms with van der Waals surface area (Å²) in [6.07, 6.45) is -7.88. The number of amides is 2. The first-order valence-electron chi connectivity index (χ1n) is 13.3. The van der Waals surface area contributed by atoms with Crippen LogP contribution in [0.3, 0.4) is 0 Å². The van der Waals surface area contributed by atoms with Gasteiger partial charge in [0.25, 0.3) is 5.91 Å². The van der Waals surface area contributed by atoms with Gasteiger partial charge >= 0.3 is 6.18 Å². The van der Waals surface area contributed by atoms with Crippen molar-refractivity contribution in [2.75, 3.05) is 18.1 Å². The molecule has 0 bridgehead atoms. The van der Waals surface area contributed by atoms with E-state index in [1.165, 1.54) is 11.8 Å². The molecule has 5 rings (SSSR count). The summed E-state index contributed by atoms with van der Waals surface area (Å²) in [4.78, 5) is 46.6. The minimum Gasteiger partial charge on any atom is -0.490 e. The van der Waals surface area contributed by atoms with E-state index in [-0.39, 0.29) is 13.2 Å². The molecular formula is C31H28F3N3O4. The summed E-state index contributed by atoms with van der Waals surface area (Å²) < 4.78 is 45.8. The Morgan fingerprint density at radius 1 is 1.02 bits per heavy atom. The number of Topliss-reactive ketones (excluding diaryl/α,β-unsaturated/α-hetero) is 1. The fourth-order valence-corrected chi connectivity index (χ4v) is 5.43. The van der Waals surface area contributed by atoms with Crippen molar-refractivity contribution >= 4 is 29.0 Å². The fourth-order valence-electron chi connectivity index (χ4n) is 5.43. The van der Waals surface area contributed by atoms with E-state index < -0.39 is 54.6 Å². The number of carbonyl (C=O) groups is 3. The molecule has 0 spiro atoms. The lowest BCUT2D eigenvalue weighted by molar-refractivity contribution is -0.144. The van der Waals surface area contributed by atoms with Crippen LogP contribution < -0.4 is 15.0 Å². The molecule has 3 aromatic carbocycles. The Labute approximate surface area is 235 Å². The molecule has 0 fully saturated rings. The number of aliphatic imine (C=N–C) groups is 1. The summed E-state index contributed by atoms with van der Waals surface area (Å²) in [6.45, 7) is 1.67. The maximum atomic E-state index is 13.9. The Morgan fingerprint density at radius 2 is 1.71 bits per heavy atom. The molecule has 0 saturated heterocycles. The molecule has 0 saturated carbocycles. The van der Waals surface area contributed by atoms with Gasteiger partial charge in [-0.2, -0.15) is 13.2 Å². The molecule has 2 amide bonds. The number of hydrogen-bond donors (Lipinski definition) is 1. The van der Waals surface area contributed by atoms with E-state index in [4.69, 9.17) is 4.74 Å². The second-order valence-electron chi connectivity index (χ2n) is 10.0. The molecule has 10 heteroatoms. The van der Waals surface area contributed by atoms with Crippen molar-refractivity contribution in [1.82, 2.24) is 5.32 Å². The van der Waals surface area contributed by atoms with E-state index in [9.17, 15) is 27.6 Å². The lowest BCUT2D eigenvalue weighted by atomic mass is 9.80.